The zero-order valence-corrected chi connectivity index (χ0v) is 30.4. The van der Waals surface area contributed by atoms with Crippen LogP contribution in [0.1, 0.15) is 0 Å². The molecule has 0 amide bonds. The van der Waals surface area contributed by atoms with E-state index in [9.17, 15) is 0 Å². The maximum absolute atomic E-state index is 6.24. The number of fused-ring (bicyclic) bond motifs is 9. The Labute approximate surface area is 325 Å². The summed E-state index contributed by atoms with van der Waals surface area (Å²) in [7, 11) is 0. The van der Waals surface area contributed by atoms with Gasteiger partial charge >= 0.3 is 0 Å². The van der Waals surface area contributed by atoms with Crippen LogP contribution in [0.3, 0.4) is 0 Å². The average Bonchev–Trinajstić information content (AvgIpc) is 3.96. The third-order valence-electron chi connectivity index (χ3n) is 11.1. The van der Waals surface area contributed by atoms with Gasteiger partial charge in [0.2, 0.25) is 0 Å². The molecule has 6 nitrogen and oxygen atoms in total. The second-order valence-electron chi connectivity index (χ2n) is 14.4. The summed E-state index contributed by atoms with van der Waals surface area (Å²) in [6.45, 7) is 0. The van der Waals surface area contributed by atoms with E-state index in [0.29, 0.717) is 17.5 Å². The number of furan rings is 2. The van der Waals surface area contributed by atoms with Gasteiger partial charge in [-0.1, -0.05) is 115 Å². The van der Waals surface area contributed by atoms with Crippen molar-refractivity contribution < 1.29 is 8.83 Å². The van der Waals surface area contributed by atoms with Crippen LogP contribution in [0.15, 0.2) is 191 Å². The minimum Gasteiger partial charge on any atom is -0.456 e. The van der Waals surface area contributed by atoms with Crippen molar-refractivity contribution in [3.05, 3.63) is 182 Å². The van der Waals surface area contributed by atoms with Crippen molar-refractivity contribution in [1.29, 1.82) is 0 Å². The molecule has 0 aliphatic heterocycles. The van der Waals surface area contributed by atoms with Crippen molar-refractivity contribution in [2.24, 2.45) is 0 Å². The molecule has 12 aromatic rings. The van der Waals surface area contributed by atoms with Crippen molar-refractivity contribution in [1.82, 2.24) is 19.5 Å². The Balaban J connectivity index is 0.999. The van der Waals surface area contributed by atoms with Crippen molar-refractivity contribution in [2.75, 3.05) is 0 Å². The molecule has 0 spiro atoms. The molecule has 0 bridgehead atoms. The monoisotopic (exact) mass is 730 g/mol. The van der Waals surface area contributed by atoms with Crippen LogP contribution in [0.4, 0.5) is 0 Å². The van der Waals surface area contributed by atoms with Crippen LogP contribution in [0.5, 0.6) is 0 Å². The van der Waals surface area contributed by atoms with Crippen LogP contribution in [0.2, 0.25) is 0 Å². The van der Waals surface area contributed by atoms with Crippen LogP contribution in [0.25, 0.3) is 117 Å². The lowest BCUT2D eigenvalue weighted by Crippen LogP contribution is -2.01. The number of nitrogens with zero attached hydrogens (tertiary/aromatic N) is 4. The highest BCUT2D eigenvalue weighted by Gasteiger charge is 2.19. The molecule has 266 valence electrons. The smallest absolute Gasteiger partial charge is 0.164 e. The summed E-state index contributed by atoms with van der Waals surface area (Å²) in [6.07, 6.45) is 0. The topological polar surface area (TPSA) is 69.9 Å². The Morgan fingerprint density at radius 3 is 1.72 bits per heavy atom. The van der Waals surface area contributed by atoms with E-state index >= 15 is 0 Å². The molecule has 4 aromatic heterocycles. The third-order valence-corrected chi connectivity index (χ3v) is 11.1. The van der Waals surface area contributed by atoms with E-state index in [2.05, 4.69) is 114 Å². The first kappa shape index (κ1) is 31.5. The van der Waals surface area contributed by atoms with E-state index < -0.39 is 0 Å². The van der Waals surface area contributed by atoms with Crippen molar-refractivity contribution >= 4 is 65.7 Å². The lowest BCUT2D eigenvalue weighted by atomic mass is 10.0. The van der Waals surface area contributed by atoms with Crippen LogP contribution >= 0.6 is 0 Å². The molecule has 57 heavy (non-hydrogen) atoms. The molecule has 0 atom stereocenters. The molecular weight excluding hydrogens is 701 g/mol. The number of para-hydroxylation sites is 3. The molecule has 0 aliphatic rings. The molecule has 6 heteroatoms. The summed E-state index contributed by atoms with van der Waals surface area (Å²) in [5.74, 6) is 1.81. The lowest BCUT2D eigenvalue weighted by molar-refractivity contribution is 0.668. The van der Waals surface area contributed by atoms with Gasteiger partial charge in [0.05, 0.1) is 11.0 Å². The van der Waals surface area contributed by atoms with E-state index in [-0.39, 0.29) is 0 Å². The number of hydrogen-bond donors (Lipinski definition) is 0. The molecule has 0 N–H and O–H groups in total. The van der Waals surface area contributed by atoms with Crippen molar-refractivity contribution in [2.45, 2.75) is 0 Å². The molecule has 0 saturated heterocycles. The van der Waals surface area contributed by atoms with Gasteiger partial charge in [-0.15, -0.1) is 0 Å². The summed E-state index contributed by atoms with van der Waals surface area (Å²) in [4.78, 5) is 15.2. The molecular formula is C51H30N4O2. The van der Waals surface area contributed by atoms with Gasteiger partial charge in [-0.3, -0.25) is 0 Å². The Bertz CT molecular complexity index is 3520. The highest BCUT2D eigenvalue weighted by molar-refractivity contribution is 6.12. The lowest BCUT2D eigenvalue weighted by Gasteiger charge is -2.11. The summed E-state index contributed by atoms with van der Waals surface area (Å²) in [5, 5.41) is 6.66. The normalized spacial score (nSPS) is 11.9. The van der Waals surface area contributed by atoms with Gasteiger partial charge in [0, 0.05) is 54.7 Å². The largest absolute Gasteiger partial charge is 0.456 e. The summed E-state index contributed by atoms with van der Waals surface area (Å²) in [6, 6.07) is 62.8. The van der Waals surface area contributed by atoms with Crippen LogP contribution in [0, 0.1) is 0 Å². The second-order valence-corrected chi connectivity index (χ2v) is 14.4. The van der Waals surface area contributed by atoms with Crippen LogP contribution in [-0.2, 0) is 0 Å². The van der Waals surface area contributed by atoms with E-state index in [1.54, 1.807) is 0 Å². The molecule has 0 fully saturated rings. The Morgan fingerprint density at radius 1 is 0.333 bits per heavy atom. The minimum atomic E-state index is 0.594. The Kier molecular flexibility index (Phi) is 6.83. The third kappa shape index (κ3) is 5.01. The van der Waals surface area contributed by atoms with Gasteiger partial charge in [-0.05, 0) is 77.9 Å². The van der Waals surface area contributed by atoms with Gasteiger partial charge in [0.25, 0.3) is 0 Å². The van der Waals surface area contributed by atoms with Crippen molar-refractivity contribution in [3.63, 3.8) is 0 Å². The quantitative estimate of drug-likeness (QED) is 0.176. The molecule has 8 aromatic carbocycles. The van der Waals surface area contributed by atoms with Gasteiger partial charge in [-0.2, -0.15) is 0 Å². The van der Waals surface area contributed by atoms with E-state index in [1.807, 2.05) is 72.8 Å². The van der Waals surface area contributed by atoms with Gasteiger partial charge < -0.3 is 13.4 Å². The standard InChI is InChI=1S/C51H30N4O2/c1-2-11-31(12-3-1)49-52-50(54-51(53-49)40-16-10-20-47-48(40)39-15-6-9-19-45(39)57-47)32-21-25-35(26-22-32)55-42-17-7-4-13-36(42)37-27-23-34(30-43(37)55)33-24-28-46-41(29-33)38-14-5-8-18-44(38)56-46/h1-30H. The van der Waals surface area contributed by atoms with E-state index in [1.165, 1.54) is 10.8 Å². The van der Waals surface area contributed by atoms with Gasteiger partial charge in [-0.25, -0.2) is 15.0 Å². The minimum absolute atomic E-state index is 0.594. The van der Waals surface area contributed by atoms with E-state index in [4.69, 9.17) is 23.8 Å². The molecule has 0 aliphatic carbocycles. The zero-order valence-electron chi connectivity index (χ0n) is 30.4. The summed E-state index contributed by atoms with van der Waals surface area (Å²) in [5.41, 5.74) is 11.7. The average molecular weight is 731 g/mol. The Morgan fingerprint density at radius 2 is 0.895 bits per heavy atom. The highest BCUT2D eigenvalue weighted by Crippen LogP contribution is 2.39. The predicted octanol–water partition coefficient (Wildman–Crippen LogP) is 13.4. The predicted molar refractivity (Wildman–Crippen MR) is 230 cm³/mol. The summed E-state index contributed by atoms with van der Waals surface area (Å²) < 4.78 is 14.7. The SMILES string of the molecule is c1ccc(-c2nc(-c3ccc(-n4c5ccccc5c5ccc(-c6ccc7oc8ccccc8c7c6)cc54)cc3)nc(-c3cccc4oc5ccccc5c34)n2)cc1. The van der Waals surface area contributed by atoms with E-state index in [0.717, 1.165) is 88.4 Å². The van der Waals surface area contributed by atoms with Gasteiger partial charge in [0.15, 0.2) is 17.5 Å². The fourth-order valence-electron chi connectivity index (χ4n) is 8.40. The molecule has 4 heterocycles. The first-order chi connectivity index (χ1) is 28.2. The van der Waals surface area contributed by atoms with Crippen LogP contribution in [-0.4, -0.2) is 19.5 Å². The number of aromatic nitrogens is 4. The maximum Gasteiger partial charge on any atom is 0.164 e. The fourth-order valence-corrected chi connectivity index (χ4v) is 8.40. The van der Waals surface area contributed by atoms with Crippen LogP contribution < -0.4 is 0 Å². The van der Waals surface area contributed by atoms with Crippen molar-refractivity contribution in [3.8, 4) is 51.0 Å². The first-order valence-corrected chi connectivity index (χ1v) is 19.0. The zero-order chi connectivity index (χ0) is 37.5. The molecule has 0 saturated carbocycles. The number of hydrogen-bond acceptors (Lipinski definition) is 5. The fraction of sp³-hybridized carbons (Fsp3) is 0. The first-order valence-electron chi connectivity index (χ1n) is 19.0. The molecule has 12 rings (SSSR count). The highest BCUT2D eigenvalue weighted by atomic mass is 16.3. The molecule has 0 radical (unpaired) electrons. The Hall–Kier alpha value is -7.83. The molecule has 0 unspecified atom stereocenters. The number of benzene rings is 8. The number of rotatable bonds is 5. The second kappa shape index (κ2) is 12.3. The van der Waals surface area contributed by atoms with Gasteiger partial charge in [0.1, 0.15) is 22.3 Å². The summed E-state index contributed by atoms with van der Waals surface area (Å²) >= 11 is 0. The maximum atomic E-state index is 6.24.